The Balaban J connectivity index is 1.58. The third kappa shape index (κ3) is 6.64. The van der Waals surface area contributed by atoms with E-state index in [2.05, 4.69) is 15.6 Å². The third-order valence-electron chi connectivity index (χ3n) is 4.74. The lowest BCUT2D eigenvalue weighted by Crippen LogP contribution is -2.43. The maximum Gasteiger partial charge on any atom is 0.240 e. The highest BCUT2D eigenvalue weighted by atomic mass is 32.1. The minimum atomic E-state index is -0.291. The number of carbonyl (C=O) groups excluding carboxylic acids is 3. The van der Waals surface area contributed by atoms with Crippen molar-refractivity contribution in [2.45, 2.75) is 38.7 Å². The molecule has 9 heteroatoms. The van der Waals surface area contributed by atoms with E-state index in [1.165, 1.54) is 16.2 Å². The van der Waals surface area contributed by atoms with Crippen LogP contribution in [0.15, 0.2) is 35.8 Å². The number of anilines is 2. The summed E-state index contributed by atoms with van der Waals surface area (Å²) in [5.74, 6) is -0.836. The molecule has 3 rings (SSSR count). The second-order valence-corrected chi connectivity index (χ2v) is 8.03. The number of thiazole rings is 1. The standard InChI is InChI=1S/C21H26N4O4S/c1-15-4-6-16(7-5-15)25(14-19(27)23-13-17-3-2-11-29-17)20(28)9-8-18(26)24-21-22-10-12-30-21/h4-7,10,12,17H,2-3,8-9,11,13-14H2,1H3,(H,23,27)(H,22,24,26)/t17-/m0/s1. The fourth-order valence-corrected chi connectivity index (χ4v) is 3.65. The maximum atomic E-state index is 12.9. The van der Waals surface area contributed by atoms with Crippen molar-refractivity contribution in [3.63, 3.8) is 0 Å². The zero-order valence-corrected chi connectivity index (χ0v) is 17.7. The lowest BCUT2D eigenvalue weighted by Gasteiger charge is -2.23. The molecule has 30 heavy (non-hydrogen) atoms. The molecule has 0 aliphatic carbocycles. The molecule has 1 saturated heterocycles. The fraction of sp³-hybridized carbons (Fsp3) is 0.429. The van der Waals surface area contributed by atoms with Gasteiger partial charge in [0.1, 0.15) is 6.54 Å². The Hall–Kier alpha value is -2.78. The smallest absolute Gasteiger partial charge is 0.240 e. The Kier molecular flexibility index (Phi) is 7.92. The third-order valence-corrected chi connectivity index (χ3v) is 5.43. The quantitative estimate of drug-likeness (QED) is 0.637. The largest absolute Gasteiger partial charge is 0.376 e. The van der Waals surface area contributed by atoms with Crippen LogP contribution in [0.4, 0.5) is 10.8 Å². The van der Waals surface area contributed by atoms with Crippen molar-refractivity contribution in [3.05, 3.63) is 41.4 Å². The molecule has 0 spiro atoms. The molecule has 1 aromatic carbocycles. The van der Waals surface area contributed by atoms with E-state index in [0.29, 0.717) is 17.4 Å². The Labute approximate surface area is 179 Å². The van der Waals surface area contributed by atoms with Crippen LogP contribution in [0.25, 0.3) is 0 Å². The zero-order valence-electron chi connectivity index (χ0n) is 16.9. The molecular formula is C21H26N4O4S. The first-order valence-electron chi connectivity index (χ1n) is 9.96. The minimum absolute atomic E-state index is 0.00982. The van der Waals surface area contributed by atoms with Gasteiger partial charge in [0.25, 0.3) is 0 Å². The number of hydrogen-bond donors (Lipinski definition) is 2. The molecule has 2 aromatic rings. The summed E-state index contributed by atoms with van der Waals surface area (Å²) in [6, 6.07) is 7.37. The molecule has 1 atom stereocenters. The highest BCUT2D eigenvalue weighted by Gasteiger charge is 2.22. The summed E-state index contributed by atoms with van der Waals surface area (Å²) in [5.41, 5.74) is 1.68. The second kappa shape index (κ2) is 10.8. The summed E-state index contributed by atoms with van der Waals surface area (Å²) in [4.78, 5) is 42.8. The van der Waals surface area contributed by atoms with Crippen molar-refractivity contribution >= 4 is 39.9 Å². The van der Waals surface area contributed by atoms with Gasteiger partial charge >= 0.3 is 0 Å². The van der Waals surface area contributed by atoms with Gasteiger partial charge in [-0.05, 0) is 31.9 Å². The topological polar surface area (TPSA) is 101 Å². The first-order valence-corrected chi connectivity index (χ1v) is 10.8. The van der Waals surface area contributed by atoms with Crippen LogP contribution in [-0.2, 0) is 19.1 Å². The van der Waals surface area contributed by atoms with E-state index in [9.17, 15) is 14.4 Å². The number of ether oxygens (including phenoxy) is 1. The molecule has 0 unspecified atom stereocenters. The van der Waals surface area contributed by atoms with Gasteiger partial charge in [-0.15, -0.1) is 11.3 Å². The monoisotopic (exact) mass is 430 g/mol. The van der Waals surface area contributed by atoms with Crippen LogP contribution in [0.3, 0.4) is 0 Å². The lowest BCUT2D eigenvalue weighted by molar-refractivity contribution is -0.125. The van der Waals surface area contributed by atoms with Crippen LogP contribution in [0.2, 0.25) is 0 Å². The number of amides is 3. The van der Waals surface area contributed by atoms with Crippen molar-refractivity contribution in [3.8, 4) is 0 Å². The molecule has 160 valence electrons. The van der Waals surface area contributed by atoms with Gasteiger partial charge in [0, 0.05) is 43.3 Å². The average molecular weight is 431 g/mol. The van der Waals surface area contributed by atoms with Crippen LogP contribution >= 0.6 is 11.3 Å². The number of carbonyl (C=O) groups is 3. The molecule has 0 bridgehead atoms. The van der Waals surface area contributed by atoms with E-state index in [-0.39, 0.29) is 43.2 Å². The van der Waals surface area contributed by atoms with Gasteiger partial charge in [-0.2, -0.15) is 0 Å². The molecule has 1 aliphatic heterocycles. The number of nitrogens with one attached hydrogen (secondary N) is 2. The minimum Gasteiger partial charge on any atom is -0.376 e. The first kappa shape index (κ1) is 21.9. The molecule has 0 radical (unpaired) electrons. The molecule has 8 nitrogen and oxygen atoms in total. The van der Waals surface area contributed by atoms with Gasteiger partial charge in [0.05, 0.1) is 6.10 Å². The number of nitrogens with zero attached hydrogens (tertiary/aromatic N) is 2. The Morgan fingerprint density at radius 2 is 2.00 bits per heavy atom. The van der Waals surface area contributed by atoms with Crippen LogP contribution in [0, 0.1) is 6.92 Å². The van der Waals surface area contributed by atoms with Gasteiger partial charge in [-0.25, -0.2) is 4.98 Å². The van der Waals surface area contributed by atoms with E-state index < -0.39 is 0 Å². The van der Waals surface area contributed by atoms with Crippen molar-refractivity contribution < 1.29 is 19.1 Å². The van der Waals surface area contributed by atoms with Gasteiger partial charge < -0.3 is 20.3 Å². The van der Waals surface area contributed by atoms with Crippen molar-refractivity contribution in [1.82, 2.24) is 10.3 Å². The van der Waals surface area contributed by atoms with Gasteiger partial charge in [0.15, 0.2) is 5.13 Å². The number of aromatic nitrogens is 1. The maximum absolute atomic E-state index is 12.9. The second-order valence-electron chi connectivity index (χ2n) is 7.14. The van der Waals surface area contributed by atoms with Crippen LogP contribution in [0.5, 0.6) is 0 Å². The predicted molar refractivity (Wildman–Crippen MR) is 115 cm³/mol. The van der Waals surface area contributed by atoms with E-state index >= 15 is 0 Å². The fourth-order valence-electron chi connectivity index (χ4n) is 3.10. The van der Waals surface area contributed by atoms with E-state index in [1.807, 2.05) is 19.1 Å². The van der Waals surface area contributed by atoms with Gasteiger partial charge in [0.2, 0.25) is 17.7 Å². The van der Waals surface area contributed by atoms with Crippen molar-refractivity contribution in [2.75, 3.05) is 29.9 Å². The SMILES string of the molecule is Cc1ccc(N(CC(=O)NC[C@@H]2CCCO2)C(=O)CCC(=O)Nc2nccs2)cc1. The Bertz CT molecular complexity index is 848. The molecule has 2 heterocycles. The summed E-state index contributed by atoms with van der Waals surface area (Å²) in [5, 5.41) is 7.76. The molecule has 3 amide bonds. The lowest BCUT2D eigenvalue weighted by atomic mass is 10.2. The summed E-state index contributed by atoms with van der Waals surface area (Å²) >= 11 is 1.31. The summed E-state index contributed by atoms with van der Waals surface area (Å²) < 4.78 is 5.52. The average Bonchev–Trinajstić information content (AvgIpc) is 3.44. The highest BCUT2D eigenvalue weighted by Crippen LogP contribution is 2.17. The Morgan fingerprint density at radius 1 is 1.20 bits per heavy atom. The van der Waals surface area contributed by atoms with Gasteiger partial charge in [-0.3, -0.25) is 14.4 Å². The first-order chi connectivity index (χ1) is 14.5. The number of aryl methyl sites for hydroxylation is 1. The molecule has 1 aliphatic rings. The van der Waals surface area contributed by atoms with Crippen molar-refractivity contribution in [1.29, 1.82) is 0 Å². The van der Waals surface area contributed by atoms with E-state index in [0.717, 1.165) is 25.0 Å². The normalized spacial score (nSPS) is 15.6. The molecular weight excluding hydrogens is 404 g/mol. The summed E-state index contributed by atoms with van der Waals surface area (Å²) in [6.07, 6.45) is 3.56. The van der Waals surface area contributed by atoms with Crippen LogP contribution in [-0.4, -0.2) is 48.5 Å². The molecule has 1 aromatic heterocycles. The number of benzene rings is 1. The molecule has 1 fully saturated rings. The van der Waals surface area contributed by atoms with Crippen molar-refractivity contribution in [2.24, 2.45) is 0 Å². The van der Waals surface area contributed by atoms with Crippen LogP contribution < -0.4 is 15.5 Å². The Morgan fingerprint density at radius 3 is 2.67 bits per heavy atom. The van der Waals surface area contributed by atoms with E-state index in [1.54, 1.807) is 23.7 Å². The molecule has 2 N–H and O–H groups in total. The number of rotatable bonds is 9. The summed E-state index contributed by atoms with van der Waals surface area (Å²) in [6.45, 7) is 3.00. The molecule has 0 saturated carbocycles. The zero-order chi connectivity index (χ0) is 21.3. The van der Waals surface area contributed by atoms with Crippen LogP contribution in [0.1, 0.15) is 31.2 Å². The van der Waals surface area contributed by atoms with E-state index in [4.69, 9.17) is 4.74 Å². The highest BCUT2D eigenvalue weighted by molar-refractivity contribution is 7.13. The predicted octanol–water partition coefficient (Wildman–Crippen LogP) is 2.50. The van der Waals surface area contributed by atoms with Gasteiger partial charge in [-0.1, -0.05) is 17.7 Å². The summed E-state index contributed by atoms with van der Waals surface area (Å²) in [7, 11) is 0. The number of hydrogen-bond acceptors (Lipinski definition) is 6.